The molecule has 5 heteroatoms. The molecule has 4 nitrogen and oxygen atoms in total. The van der Waals surface area contributed by atoms with Gasteiger partial charge in [0.2, 0.25) is 0 Å². The molecule has 1 heterocycles. The third kappa shape index (κ3) is 4.05. The number of methoxy groups -OCH3 is 1. The lowest BCUT2D eigenvalue weighted by Crippen LogP contribution is -2.19. The first kappa shape index (κ1) is 10.2. The second-order valence-electron chi connectivity index (χ2n) is 2.53. The summed E-state index contributed by atoms with van der Waals surface area (Å²) >= 11 is 5.90. The van der Waals surface area contributed by atoms with Crippen LogP contribution < -0.4 is 5.32 Å². The Kier molecular flexibility index (Phi) is 4.49. The standard InChI is InChI=1S/C8H12ClN3O/c1-13-5-7(9)4-11-8-2-3-10-6-12-8/h2-3,6-7H,4-5H2,1H3,(H,10,11,12). The number of halogens is 1. The van der Waals surface area contributed by atoms with Gasteiger partial charge in [-0.25, -0.2) is 9.97 Å². The second kappa shape index (κ2) is 5.72. The third-order valence-corrected chi connectivity index (χ3v) is 1.71. The zero-order valence-corrected chi connectivity index (χ0v) is 8.16. The highest BCUT2D eigenvalue weighted by Gasteiger charge is 2.02. The molecule has 0 aliphatic rings. The van der Waals surface area contributed by atoms with Crippen LogP contribution >= 0.6 is 11.6 Å². The fourth-order valence-electron chi connectivity index (χ4n) is 0.850. The number of anilines is 1. The van der Waals surface area contributed by atoms with Crippen LogP contribution in [0.5, 0.6) is 0 Å². The Labute approximate surface area is 82.3 Å². The lowest BCUT2D eigenvalue weighted by atomic mass is 10.4. The van der Waals surface area contributed by atoms with Gasteiger partial charge in [-0.3, -0.25) is 0 Å². The van der Waals surface area contributed by atoms with Crippen LogP contribution in [0.4, 0.5) is 5.82 Å². The number of hydrogen-bond acceptors (Lipinski definition) is 4. The van der Waals surface area contributed by atoms with Crippen molar-refractivity contribution in [1.29, 1.82) is 0 Å². The molecule has 1 rings (SSSR count). The van der Waals surface area contributed by atoms with Gasteiger partial charge in [0, 0.05) is 19.9 Å². The lowest BCUT2D eigenvalue weighted by Gasteiger charge is -2.09. The number of rotatable bonds is 5. The van der Waals surface area contributed by atoms with Gasteiger partial charge < -0.3 is 10.1 Å². The molecule has 0 aromatic carbocycles. The van der Waals surface area contributed by atoms with E-state index in [0.717, 1.165) is 5.82 Å². The molecule has 0 saturated carbocycles. The number of alkyl halides is 1. The summed E-state index contributed by atoms with van der Waals surface area (Å²) in [5.74, 6) is 0.775. The van der Waals surface area contributed by atoms with Crippen LogP contribution in [-0.2, 0) is 4.74 Å². The van der Waals surface area contributed by atoms with Crippen molar-refractivity contribution in [3.8, 4) is 0 Å². The molecule has 1 atom stereocenters. The third-order valence-electron chi connectivity index (χ3n) is 1.43. The zero-order chi connectivity index (χ0) is 9.52. The minimum Gasteiger partial charge on any atom is -0.383 e. The van der Waals surface area contributed by atoms with Crippen molar-refractivity contribution in [2.24, 2.45) is 0 Å². The second-order valence-corrected chi connectivity index (χ2v) is 3.15. The first-order valence-corrected chi connectivity index (χ1v) is 4.39. The molecule has 1 aromatic heterocycles. The summed E-state index contributed by atoms with van der Waals surface area (Å²) in [6.07, 6.45) is 3.16. The topological polar surface area (TPSA) is 47.0 Å². The summed E-state index contributed by atoms with van der Waals surface area (Å²) in [4.78, 5) is 7.79. The van der Waals surface area contributed by atoms with Gasteiger partial charge in [0.1, 0.15) is 12.1 Å². The Morgan fingerprint density at radius 1 is 1.69 bits per heavy atom. The van der Waals surface area contributed by atoms with E-state index in [0.29, 0.717) is 13.2 Å². The minimum absolute atomic E-state index is 0.0417. The van der Waals surface area contributed by atoms with E-state index in [1.807, 2.05) is 0 Å². The molecule has 0 saturated heterocycles. The molecule has 0 fully saturated rings. The van der Waals surface area contributed by atoms with E-state index in [-0.39, 0.29) is 5.38 Å². The molecule has 0 amide bonds. The van der Waals surface area contributed by atoms with E-state index in [1.54, 1.807) is 19.4 Å². The predicted molar refractivity (Wildman–Crippen MR) is 52.0 cm³/mol. The highest BCUT2D eigenvalue weighted by Crippen LogP contribution is 2.01. The summed E-state index contributed by atoms with van der Waals surface area (Å²) in [5.41, 5.74) is 0. The van der Waals surface area contributed by atoms with Crippen LogP contribution in [-0.4, -0.2) is 35.6 Å². The van der Waals surface area contributed by atoms with E-state index < -0.39 is 0 Å². The van der Waals surface area contributed by atoms with Gasteiger partial charge in [0.25, 0.3) is 0 Å². The molecular weight excluding hydrogens is 190 g/mol. The number of hydrogen-bond donors (Lipinski definition) is 1. The van der Waals surface area contributed by atoms with Gasteiger partial charge in [0.15, 0.2) is 0 Å². The number of ether oxygens (including phenoxy) is 1. The Hall–Kier alpha value is -0.870. The smallest absolute Gasteiger partial charge is 0.129 e. The van der Waals surface area contributed by atoms with E-state index >= 15 is 0 Å². The van der Waals surface area contributed by atoms with Crippen LogP contribution in [0.3, 0.4) is 0 Å². The lowest BCUT2D eigenvalue weighted by molar-refractivity contribution is 0.200. The highest BCUT2D eigenvalue weighted by atomic mass is 35.5. The molecular formula is C8H12ClN3O. The van der Waals surface area contributed by atoms with Crippen molar-refractivity contribution in [3.63, 3.8) is 0 Å². The van der Waals surface area contributed by atoms with Gasteiger partial charge in [-0.2, -0.15) is 0 Å². The molecule has 1 unspecified atom stereocenters. The quantitative estimate of drug-likeness (QED) is 0.726. The monoisotopic (exact) mass is 201 g/mol. The maximum Gasteiger partial charge on any atom is 0.129 e. The van der Waals surface area contributed by atoms with Gasteiger partial charge >= 0.3 is 0 Å². The average molecular weight is 202 g/mol. The normalized spacial score (nSPS) is 12.5. The summed E-state index contributed by atoms with van der Waals surface area (Å²) in [5, 5.41) is 3.02. The van der Waals surface area contributed by atoms with Gasteiger partial charge in [-0.1, -0.05) is 0 Å². The van der Waals surface area contributed by atoms with Crippen LogP contribution in [0, 0.1) is 0 Å². The van der Waals surface area contributed by atoms with Crippen LogP contribution in [0.25, 0.3) is 0 Å². The van der Waals surface area contributed by atoms with Gasteiger partial charge in [-0.15, -0.1) is 11.6 Å². The summed E-state index contributed by atoms with van der Waals surface area (Å²) in [7, 11) is 1.63. The first-order chi connectivity index (χ1) is 6.33. The van der Waals surface area contributed by atoms with E-state index in [9.17, 15) is 0 Å². The Bertz CT molecular complexity index is 232. The van der Waals surface area contributed by atoms with Crippen molar-refractivity contribution in [2.75, 3.05) is 25.6 Å². The van der Waals surface area contributed by atoms with E-state index in [2.05, 4.69) is 15.3 Å². The van der Waals surface area contributed by atoms with Gasteiger partial charge in [0.05, 0.1) is 12.0 Å². The van der Waals surface area contributed by atoms with Crippen LogP contribution in [0.2, 0.25) is 0 Å². The van der Waals surface area contributed by atoms with Crippen LogP contribution in [0.15, 0.2) is 18.6 Å². The highest BCUT2D eigenvalue weighted by molar-refractivity contribution is 6.21. The van der Waals surface area contributed by atoms with E-state index in [1.165, 1.54) is 6.33 Å². The van der Waals surface area contributed by atoms with Crippen molar-refractivity contribution >= 4 is 17.4 Å². The Balaban J connectivity index is 2.27. The maximum atomic E-state index is 5.90. The maximum absolute atomic E-state index is 5.90. The fraction of sp³-hybridized carbons (Fsp3) is 0.500. The molecule has 0 aliphatic carbocycles. The molecule has 0 spiro atoms. The van der Waals surface area contributed by atoms with Crippen molar-refractivity contribution < 1.29 is 4.74 Å². The largest absolute Gasteiger partial charge is 0.383 e. The van der Waals surface area contributed by atoms with Gasteiger partial charge in [-0.05, 0) is 6.07 Å². The van der Waals surface area contributed by atoms with Crippen molar-refractivity contribution in [1.82, 2.24) is 9.97 Å². The van der Waals surface area contributed by atoms with Crippen LogP contribution in [0.1, 0.15) is 0 Å². The molecule has 1 N–H and O–H groups in total. The molecule has 0 radical (unpaired) electrons. The zero-order valence-electron chi connectivity index (χ0n) is 7.40. The summed E-state index contributed by atoms with van der Waals surface area (Å²) in [6, 6.07) is 1.79. The average Bonchev–Trinajstić information content (AvgIpc) is 2.17. The summed E-state index contributed by atoms with van der Waals surface area (Å²) in [6.45, 7) is 1.16. The first-order valence-electron chi connectivity index (χ1n) is 3.96. The molecule has 72 valence electrons. The molecule has 0 bridgehead atoms. The number of nitrogens with zero attached hydrogens (tertiary/aromatic N) is 2. The summed E-state index contributed by atoms with van der Waals surface area (Å²) < 4.78 is 4.89. The Morgan fingerprint density at radius 2 is 2.54 bits per heavy atom. The number of aromatic nitrogens is 2. The fourth-order valence-corrected chi connectivity index (χ4v) is 1.05. The number of nitrogens with one attached hydrogen (secondary N) is 1. The predicted octanol–water partition coefficient (Wildman–Crippen LogP) is 1.14. The molecule has 0 aliphatic heterocycles. The minimum atomic E-state index is -0.0417. The Morgan fingerprint density at radius 3 is 3.15 bits per heavy atom. The van der Waals surface area contributed by atoms with Crippen molar-refractivity contribution in [3.05, 3.63) is 18.6 Å². The van der Waals surface area contributed by atoms with Crippen molar-refractivity contribution in [2.45, 2.75) is 5.38 Å². The molecule has 1 aromatic rings. The van der Waals surface area contributed by atoms with E-state index in [4.69, 9.17) is 16.3 Å². The SMILES string of the molecule is COCC(Cl)CNc1ccncn1. The molecule has 13 heavy (non-hydrogen) atoms.